The monoisotopic (exact) mass is 153 g/mol. The van der Waals surface area contributed by atoms with E-state index in [1.807, 2.05) is 0 Å². The zero-order valence-corrected chi connectivity index (χ0v) is 6.90. The summed E-state index contributed by atoms with van der Waals surface area (Å²) in [6.07, 6.45) is 7.49. The van der Waals surface area contributed by atoms with Gasteiger partial charge in [0, 0.05) is 12.1 Å². The third kappa shape index (κ3) is 1.10. The number of aliphatic hydroxyl groups is 1. The van der Waals surface area contributed by atoms with Gasteiger partial charge in [-0.3, -0.25) is 4.90 Å². The fraction of sp³-hybridized carbons (Fsp3) is 0.778. The Bertz CT molecular complexity index is 178. The van der Waals surface area contributed by atoms with Crippen LogP contribution in [0.25, 0.3) is 0 Å². The van der Waals surface area contributed by atoms with Gasteiger partial charge < -0.3 is 5.11 Å². The van der Waals surface area contributed by atoms with Crippen LogP contribution < -0.4 is 0 Å². The zero-order valence-electron chi connectivity index (χ0n) is 6.90. The molecule has 1 saturated heterocycles. The number of rotatable bonds is 0. The number of piperidine rings is 1. The van der Waals surface area contributed by atoms with Crippen molar-refractivity contribution in [1.29, 1.82) is 0 Å². The van der Waals surface area contributed by atoms with Gasteiger partial charge in [-0.25, -0.2) is 0 Å². The van der Waals surface area contributed by atoms with Gasteiger partial charge >= 0.3 is 0 Å². The normalized spacial score (nSPS) is 44.4. The van der Waals surface area contributed by atoms with Crippen LogP contribution in [0.1, 0.15) is 19.3 Å². The summed E-state index contributed by atoms with van der Waals surface area (Å²) >= 11 is 0. The Balaban J connectivity index is 2.19. The highest BCUT2D eigenvalue weighted by atomic mass is 16.3. The van der Waals surface area contributed by atoms with E-state index in [9.17, 15) is 5.11 Å². The average molecular weight is 153 g/mol. The van der Waals surface area contributed by atoms with Crippen LogP contribution >= 0.6 is 0 Å². The van der Waals surface area contributed by atoms with Crippen LogP contribution in [-0.4, -0.2) is 35.2 Å². The Morgan fingerprint density at radius 1 is 1.45 bits per heavy atom. The van der Waals surface area contributed by atoms with Crippen molar-refractivity contribution in [3.05, 3.63) is 12.2 Å². The van der Waals surface area contributed by atoms with Gasteiger partial charge in [0.1, 0.15) is 0 Å². The topological polar surface area (TPSA) is 23.5 Å². The molecule has 2 aliphatic heterocycles. The van der Waals surface area contributed by atoms with E-state index >= 15 is 0 Å². The van der Waals surface area contributed by atoms with E-state index in [0.29, 0.717) is 12.1 Å². The van der Waals surface area contributed by atoms with E-state index < -0.39 is 0 Å². The van der Waals surface area contributed by atoms with Crippen molar-refractivity contribution in [2.24, 2.45) is 0 Å². The summed E-state index contributed by atoms with van der Waals surface area (Å²) in [7, 11) is 2.11. The number of hydrogen-bond acceptors (Lipinski definition) is 2. The van der Waals surface area contributed by atoms with Gasteiger partial charge in [0.05, 0.1) is 6.10 Å². The molecule has 0 radical (unpaired) electrons. The molecular weight excluding hydrogens is 138 g/mol. The van der Waals surface area contributed by atoms with E-state index in [2.05, 4.69) is 24.1 Å². The molecule has 3 atom stereocenters. The molecule has 1 fully saturated rings. The van der Waals surface area contributed by atoms with E-state index in [1.54, 1.807) is 0 Å². The predicted molar refractivity (Wildman–Crippen MR) is 44.3 cm³/mol. The number of fused-ring (bicyclic) bond motifs is 2. The summed E-state index contributed by atoms with van der Waals surface area (Å²) < 4.78 is 0. The molecule has 62 valence electrons. The zero-order chi connectivity index (χ0) is 7.84. The number of likely N-dealkylation sites (N-methyl/N-ethyl adjacent to an activating group) is 1. The summed E-state index contributed by atoms with van der Waals surface area (Å²) in [6.45, 7) is 0. The third-order valence-corrected chi connectivity index (χ3v) is 2.98. The second kappa shape index (κ2) is 2.61. The van der Waals surface area contributed by atoms with E-state index in [1.165, 1.54) is 0 Å². The van der Waals surface area contributed by atoms with Crippen molar-refractivity contribution in [3.63, 3.8) is 0 Å². The molecule has 1 N–H and O–H groups in total. The highest BCUT2D eigenvalue weighted by molar-refractivity contribution is 5.07. The van der Waals surface area contributed by atoms with Crippen LogP contribution in [0.4, 0.5) is 0 Å². The van der Waals surface area contributed by atoms with Crippen LogP contribution in [0.15, 0.2) is 12.2 Å². The summed E-state index contributed by atoms with van der Waals surface area (Å²) in [5, 5.41) is 9.62. The van der Waals surface area contributed by atoms with Gasteiger partial charge in [-0.1, -0.05) is 12.2 Å². The number of nitrogens with zero attached hydrogens (tertiary/aromatic N) is 1. The molecule has 2 rings (SSSR count). The summed E-state index contributed by atoms with van der Waals surface area (Å²) in [6, 6.07) is 0.982. The first-order chi connectivity index (χ1) is 5.29. The molecular formula is C9H15NO. The van der Waals surface area contributed by atoms with Crippen LogP contribution in [0.3, 0.4) is 0 Å². The van der Waals surface area contributed by atoms with Crippen LogP contribution in [0.2, 0.25) is 0 Å². The molecule has 2 bridgehead atoms. The summed E-state index contributed by atoms with van der Waals surface area (Å²) in [4.78, 5) is 2.30. The standard InChI is InChI=1S/C9H15NO/c1-10-7-3-2-4-8(10)9(11)6-5-7/h2-3,7-9,11H,4-6H2,1H3/t7-,8+,9+/m0/s1. The van der Waals surface area contributed by atoms with Crippen molar-refractivity contribution in [1.82, 2.24) is 4.90 Å². The lowest BCUT2D eigenvalue weighted by molar-refractivity contribution is 0.00233. The first kappa shape index (κ1) is 7.32. The quantitative estimate of drug-likeness (QED) is 0.520. The number of aliphatic hydroxyl groups excluding tert-OH is 1. The first-order valence-corrected chi connectivity index (χ1v) is 4.35. The lowest BCUT2D eigenvalue weighted by atomic mass is 9.88. The minimum absolute atomic E-state index is 0.0961. The Labute approximate surface area is 67.5 Å². The SMILES string of the molecule is CN1[C@@H]2CC=C[C@H]1CC[C@H]2O. The van der Waals surface area contributed by atoms with Crippen molar-refractivity contribution < 1.29 is 5.11 Å². The molecule has 0 aromatic heterocycles. The Hall–Kier alpha value is -0.340. The van der Waals surface area contributed by atoms with Crippen molar-refractivity contribution in [2.45, 2.75) is 37.5 Å². The Kier molecular flexibility index (Phi) is 1.74. The molecule has 0 aromatic carbocycles. The largest absolute Gasteiger partial charge is 0.391 e. The molecule has 0 saturated carbocycles. The first-order valence-electron chi connectivity index (χ1n) is 4.35. The third-order valence-electron chi connectivity index (χ3n) is 2.98. The smallest absolute Gasteiger partial charge is 0.0699 e. The summed E-state index contributed by atoms with van der Waals surface area (Å²) in [5.41, 5.74) is 0. The molecule has 2 nitrogen and oxygen atoms in total. The average Bonchev–Trinajstić information content (AvgIpc) is 1.98. The predicted octanol–water partition coefficient (Wildman–Crippen LogP) is 0.770. The molecule has 0 aromatic rings. The second-order valence-electron chi connectivity index (χ2n) is 3.61. The Morgan fingerprint density at radius 2 is 2.27 bits per heavy atom. The van der Waals surface area contributed by atoms with Crippen LogP contribution in [-0.2, 0) is 0 Å². The van der Waals surface area contributed by atoms with Crippen molar-refractivity contribution in [2.75, 3.05) is 7.05 Å². The fourth-order valence-electron chi connectivity index (χ4n) is 2.19. The van der Waals surface area contributed by atoms with Gasteiger partial charge in [0.25, 0.3) is 0 Å². The lowest BCUT2D eigenvalue weighted by Crippen LogP contribution is -2.52. The van der Waals surface area contributed by atoms with E-state index in [0.717, 1.165) is 19.3 Å². The maximum Gasteiger partial charge on any atom is 0.0699 e. The fourth-order valence-corrected chi connectivity index (χ4v) is 2.19. The highest BCUT2D eigenvalue weighted by Crippen LogP contribution is 2.28. The van der Waals surface area contributed by atoms with Crippen LogP contribution in [0.5, 0.6) is 0 Å². The molecule has 2 heterocycles. The van der Waals surface area contributed by atoms with E-state index in [-0.39, 0.29) is 6.10 Å². The lowest BCUT2D eigenvalue weighted by Gasteiger charge is -2.43. The van der Waals surface area contributed by atoms with Gasteiger partial charge in [-0.05, 0) is 26.3 Å². The second-order valence-corrected chi connectivity index (χ2v) is 3.61. The minimum atomic E-state index is -0.0961. The van der Waals surface area contributed by atoms with Crippen LogP contribution in [0, 0.1) is 0 Å². The molecule has 0 unspecified atom stereocenters. The van der Waals surface area contributed by atoms with Crippen molar-refractivity contribution >= 4 is 0 Å². The molecule has 2 heteroatoms. The van der Waals surface area contributed by atoms with Gasteiger partial charge in [-0.2, -0.15) is 0 Å². The van der Waals surface area contributed by atoms with Gasteiger partial charge in [0.2, 0.25) is 0 Å². The minimum Gasteiger partial charge on any atom is -0.391 e. The molecule has 0 amide bonds. The summed E-state index contributed by atoms with van der Waals surface area (Å²) in [5.74, 6) is 0. The molecule has 2 aliphatic rings. The number of hydrogen-bond donors (Lipinski definition) is 1. The highest BCUT2D eigenvalue weighted by Gasteiger charge is 2.33. The van der Waals surface area contributed by atoms with Gasteiger partial charge in [-0.15, -0.1) is 0 Å². The van der Waals surface area contributed by atoms with E-state index in [4.69, 9.17) is 0 Å². The van der Waals surface area contributed by atoms with Crippen molar-refractivity contribution in [3.8, 4) is 0 Å². The van der Waals surface area contributed by atoms with Gasteiger partial charge in [0.15, 0.2) is 0 Å². The molecule has 0 aliphatic carbocycles. The Morgan fingerprint density at radius 3 is 3.00 bits per heavy atom. The molecule has 11 heavy (non-hydrogen) atoms. The maximum absolute atomic E-state index is 9.62. The molecule has 0 spiro atoms. The maximum atomic E-state index is 9.62.